The third-order valence-corrected chi connectivity index (χ3v) is 2.18. The smallest absolute Gasteiger partial charge is 0.324 e. The van der Waals surface area contributed by atoms with Gasteiger partial charge in [0.05, 0.1) is 11.1 Å². The lowest BCUT2D eigenvalue weighted by molar-refractivity contribution is -0.143. The monoisotopic (exact) mass is 293 g/mol. The van der Waals surface area contributed by atoms with Crippen molar-refractivity contribution in [3.63, 3.8) is 0 Å². The van der Waals surface area contributed by atoms with Gasteiger partial charge in [0.1, 0.15) is 0 Å². The van der Waals surface area contributed by atoms with E-state index in [1.807, 2.05) is 0 Å². The predicted octanol–water partition coefficient (Wildman–Crippen LogP) is 4.17. The van der Waals surface area contributed by atoms with E-state index in [4.69, 9.17) is 5.73 Å². The fourth-order valence-corrected chi connectivity index (χ4v) is 1.38. The van der Waals surface area contributed by atoms with Crippen molar-refractivity contribution >= 4 is 12.4 Å². The average molecular weight is 294 g/mol. The minimum atomic E-state index is -4.86. The van der Waals surface area contributed by atoms with E-state index in [0.29, 0.717) is 6.07 Å². The van der Waals surface area contributed by atoms with Gasteiger partial charge in [0.2, 0.25) is 0 Å². The second-order valence-electron chi connectivity index (χ2n) is 3.59. The molecule has 0 bridgehead atoms. The summed E-state index contributed by atoms with van der Waals surface area (Å²) in [5, 5.41) is 0. The molecule has 1 aromatic carbocycles. The van der Waals surface area contributed by atoms with E-state index in [-0.39, 0.29) is 24.0 Å². The molecule has 0 saturated heterocycles. The van der Waals surface area contributed by atoms with Crippen LogP contribution in [-0.4, -0.2) is 0 Å². The number of halogens is 7. The summed E-state index contributed by atoms with van der Waals surface area (Å²) >= 11 is 0. The first-order chi connectivity index (χ1) is 7.53. The molecule has 0 aliphatic carbocycles. The van der Waals surface area contributed by atoms with Gasteiger partial charge >= 0.3 is 12.4 Å². The van der Waals surface area contributed by atoms with Gasteiger partial charge in [0.25, 0.3) is 0 Å². The highest BCUT2D eigenvalue weighted by molar-refractivity contribution is 5.85. The molecule has 0 saturated carbocycles. The first-order valence-corrected chi connectivity index (χ1v) is 4.57. The van der Waals surface area contributed by atoms with Crippen molar-refractivity contribution in [2.75, 3.05) is 0 Å². The Morgan fingerprint density at radius 2 is 1.50 bits per heavy atom. The number of benzene rings is 1. The molecule has 2 N–H and O–H groups in total. The molecular formula is C10H10ClF6N. The summed E-state index contributed by atoms with van der Waals surface area (Å²) in [6, 6.07) is 0.442. The number of nitrogens with two attached hydrogens (primary N) is 1. The zero-order chi connectivity index (χ0) is 13.4. The fourth-order valence-electron chi connectivity index (χ4n) is 1.38. The van der Waals surface area contributed by atoms with Gasteiger partial charge in [-0.2, -0.15) is 26.3 Å². The number of alkyl halides is 6. The number of rotatable bonds is 1. The molecule has 0 aromatic heterocycles. The third-order valence-electron chi connectivity index (χ3n) is 2.18. The lowest BCUT2D eigenvalue weighted by atomic mass is 9.98. The van der Waals surface area contributed by atoms with Crippen LogP contribution >= 0.6 is 12.4 Å². The van der Waals surface area contributed by atoms with Crippen molar-refractivity contribution in [3.8, 4) is 0 Å². The van der Waals surface area contributed by atoms with Crippen LogP contribution in [0.25, 0.3) is 0 Å². The quantitative estimate of drug-likeness (QED) is 0.773. The van der Waals surface area contributed by atoms with E-state index in [2.05, 4.69) is 0 Å². The average Bonchev–Trinajstić information content (AvgIpc) is 2.14. The highest BCUT2D eigenvalue weighted by Crippen LogP contribution is 2.38. The van der Waals surface area contributed by atoms with Crippen LogP contribution in [0, 0.1) is 0 Å². The van der Waals surface area contributed by atoms with Gasteiger partial charge in [-0.3, -0.25) is 0 Å². The van der Waals surface area contributed by atoms with Gasteiger partial charge < -0.3 is 5.73 Å². The molecule has 0 unspecified atom stereocenters. The largest absolute Gasteiger partial charge is 0.416 e. The summed E-state index contributed by atoms with van der Waals surface area (Å²) in [4.78, 5) is 0. The Morgan fingerprint density at radius 3 is 1.83 bits per heavy atom. The topological polar surface area (TPSA) is 26.0 Å². The van der Waals surface area contributed by atoms with Crippen molar-refractivity contribution in [1.82, 2.24) is 0 Å². The lowest BCUT2D eigenvalue weighted by Gasteiger charge is -2.17. The molecule has 0 aliphatic heterocycles. The Morgan fingerprint density at radius 1 is 1.00 bits per heavy atom. The molecule has 0 heterocycles. The van der Waals surface area contributed by atoms with Crippen LogP contribution in [-0.2, 0) is 12.4 Å². The van der Waals surface area contributed by atoms with Crippen molar-refractivity contribution in [2.24, 2.45) is 5.73 Å². The minimum absolute atomic E-state index is 0. The van der Waals surface area contributed by atoms with E-state index in [0.717, 1.165) is 6.07 Å². The third kappa shape index (κ3) is 3.78. The molecule has 8 heteroatoms. The predicted molar refractivity (Wildman–Crippen MR) is 56.3 cm³/mol. The first-order valence-electron chi connectivity index (χ1n) is 4.57. The van der Waals surface area contributed by atoms with Gasteiger partial charge in [-0.15, -0.1) is 12.4 Å². The molecule has 0 spiro atoms. The highest BCUT2D eigenvalue weighted by Gasteiger charge is 2.38. The number of hydrogen-bond donors (Lipinski definition) is 1. The summed E-state index contributed by atoms with van der Waals surface area (Å²) < 4.78 is 74.5. The number of hydrogen-bond acceptors (Lipinski definition) is 1. The normalized spacial score (nSPS) is 14.0. The van der Waals surface area contributed by atoms with Gasteiger partial charge in [-0.1, -0.05) is 6.07 Å². The maximum absolute atomic E-state index is 12.6. The molecule has 0 amide bonds. The standard InChI is InChI=1S/C10H9F6N.ClH/c1-5(17)7-3-2-6(9(11,12)13)4-8(7)10(14,15)16;/h2-5H,17H2,1H3;1H/t5-;/m0./s1. The first kappa shape index (κ1) is 17.1. The molecule has 0 aliphatic rings. The Kier molecular flexibility index (Phi) is 5.07. The van der Waals surface area contributed by atoms with Crippen LogP contribution in [0.3, 0.4) is 0 Å². The van der Waals surface area contributed by atoms with Crippen LogP contribution in [0.1, 0.15) is 29.7 Å². The molecular weight excluding hydrogens is 284 g/mol. The summed E-state index contributed by atoms with van der Waals surface area (Å²) in [5.74, 6) is 0. The van der Waals surface area contributed by atoms with Gasteiger partial charge in [0.15, 0.2) is 0 Å². The van der Waals surface area contributed by atoms with E-state index in [1.165, 1.54) is 6.92 Å². The summed E-state index contributed by atoms with van der Waals surface area (Å²) in [7, 11) is 0. The molecule has 1 nitrogen and oxygen atoms in total. The van der Waals surface area contributed by atoms with Gasteiger partial charge in [-0.25, -0.2) is 0 Å². The van der Waals surface area contributed by atoms with E-state index in [9.17, 15) is 26.3 Å². The summed E-state index contributed by atoms with van der Waals surface area (Å²) in [6.07, 6.45) is -9.67. The van der Waals surface area contributed by atoms with E-state index >= 15 is 0 Å². The summed E-state index contributed by atoms with van der Waals surface area (Å²) in [6.45, 7) is 1.28. The van der Waals surface area contributed by atoms with Crippen LogP contribution in [0.2, 0.25) is 0 Å². The van der Waals surface area contributed by atoms with Crippen LogP contribution in [0.4, 0.5) is 26.3 Å². The summed E-state index contributed by atoms with van der Waals surface area (Å²) in [5.41, 5.74) is 2.25. The molecule has 0 radical (unpaired) electrons. The Balaban J connectivity index is 0.00000289. The Labute approximate surface area is 105 Å². The Hall–Kier alpha value is -0.950. The zero-order valence-corrected chi connectivity index (χ0v) is 9.88. The van der Waals surface area contributed by atoms with E-state index in [1.54, 1.807) is 0 Å². The molecule has 18 heavy (non-hydrogen) atoms. The van der Waals surface area contributed by atoms with Crippen molar-refractivity contribution in [2.45, 2.75) is 25.3 Å². The molecule has 1 aromatic rings. The van der Waals surface area contributed by atoms with Crippen LogP contribution < -0.4 is 5.73 Å². The van der Waals surface area contributed by atoms with Crippen LogP contribution in [0.5, 0.6) is 0 Å². The highest BCUT2D eigenvalue weighted by atomic mass is 35.5. The van der Waals surface area contributed by atoms with Gasteiger partial charge in [0, 0.05) is 6.04 Å². The van der Waals surface area contributed by atoms with E-state index < -0.39 is 29.5 Å². The molecule has 0 fully saturated rings. The van der Waals surface area contributed by atoms with Gasteiger partial charge in [-0.05, 0) is 24.6 Å². The minimum Gasteiger partial charge on any atom is -0.324 e. The molecule has 104 valence electrons. The second kappa shape index (κ2) is 5.36. The maximum Gasteiger partial charge on any atom is 0.416 e. The molecule has 1 atom stereocenters. The SMILES string of the molecule is C[C@H](N)c1ccc(C(F)(F)F)cc1C(F)(F)F.Cl. The lowest BCUT2D eigenvalue weighted by Crippen LogP contribution is -2.17. The molecule has 1 rings (SSSR count). The van der Waals surface area contributed by atoms with Crippen molar-refractivity contribution in [3.05, 3.63) is 34.9 Å². The van der Waals surface area contributed by atoms with Crippen molar-refractivity contribution in [1.29, 1.82) is 0 Å². The Bertz CT molecular complexity index is 410. The second-order valence-corrected chi connectivity index (χ2v) is 3.59. The maximum atomic E-state index is 12.6. The fraction of sp³-hybridized carbons (Fsp3) is 0.400. The van der Waals surface area contributed by atoms with Crippen molar-refractivity contribution < 1.29 is 26.3 Å². The van der Waals surface area contributed by atoms with Crippen LogP contribution in [0.15, 0.2) is 18.2 Å². The zero-order valence-electron chi connectivity index (χ0n) is 9.06.